The lowest BCUT2D eigenvalue weighted by Crippen LogP contribution is -2.54. The molecule has 0 aliphatic carbocycles. The van der Waals surface area contributed by atoms with E-state index in [4.69, 9.17) is 10.5 Å². The van der Waals surface area contributed by atoms with Gasteiger partial charge in [-0.15, -0.1) is 0 Å². The number of benzene rings is 1. The molecule has 1 aromatic carbocycles. The van der Waals surface area contributed by atoms with Gasteiger partial charge in [-0.25, -0.2) is 0 Å². The lowest BCUT2D eigenvalue weighted by molar-refractivity contribution is -0.136. The van der Waals surface area contributed by atoms with Gasteiger partial charge in [0, 0.05) is 31.5 Å². The van der Waals surface area contributed by atoms with Gasteiger partial charge in [0.05, 0.1) is 24.3 Å². The van der Waals surface area contributed by atoms with Crippen LogP contribution >= 0.6 is 0 Å². The van der Waals surface area contributed by atoms with Gasteiger partial charge >= 0.3 is 0 Å². The van der Waals surface area contributed by atoms with Crippen molar-refractivity contribution >= 4 is 23.6 Å². The molecule has 2 saturated heterocycles. The third-order valence-electron chi connectivity index (χ3n) is 5.52. The number of fused-ring (bicyclic) bond motifs is 1. The van der Waals surface area contributed by atoms with Crippen LogP contribution < -0.4 is 16.4 Å². The van der Waals surface area contributed by atoms with E-state index < -0.39 is 29.7 Å². The highest BCUT2D eigenvalue weighted by Gasteiger charge is 2.45. The van der Waals surface area contributed by atoms with E-state index in [0.29, 0.717) is 37.4 Å². The predicted octanol–water partition coefficient (Wildman–Crippen LogP) is -0.849. The average molecular weight is 386 g/mol. The molecular weight excluding hydrogens is 364 g/mol. The highest BCUT2D eigenvalue weighted by atomic mass is 16.5. The minimum Gasteiger partial charge on any atom is -0.379 e. The largest absolute Gasteiger partial charge is 0.379 e. The molecule has 9 nitrogen and oxygen atoms in total. The Labute approximate surface area is 161 Å². The van der Waals surface area contributed by atoms with E-state index >= 15 is 0 Å². The van der Waals surface area contributed by atoms with Crippen molar-refractivity contribution in [2.24, 2.45) is 11.7 Å². The SMILES string of the molecule is N[C@@H]1COC[C@H]1CNCc1cccc2c1C(=O)N(C1CCC(=O)NC1=O)C2=O. The van der Waals surface area contributed by atoms with Crippen molar-refractivity contribution in [1.29, 1.82) is 0 Å². The zero-order valence-electron chi connectivity index (χ0n) is 15.3. The van der Waals surface area contributed by atoms with Crippen LogP contribution in [-0.2, 0) is 20.9 Å². The van der Waals surface area contributed by atoms with Gasteiger partial charge in [0.15, 0.2) is 0 Å². The Morgan fingerprint density at radius 3 is 2.71 bits per heavy atom. The summed E-state index contributed by atoms with van der Waals surface area (Å²) in [6.45, 7) is 2.18. The van der Waals surface area contributed by atoms with Crippen molar-refractivity contribution in [3.8, 4) is 0 Å². The maximum absolute atomic E-state index is 13.0. The second kappa shape index (κ2) is 7.42. The first-order valence-corrected chi connectivity index (χ1v) is 9.35. The highest BCUT2D eigenvalue weighted by molar-refractivity contribution is 6.24. The lowest BCUT2D eigenvalue weighted by atomic mass is 10.0. The summed E-state index contributed by atoms with van der Waals surface area (Å²) in [4.78, 5) is 50.3. The first kappa shape index (κ1) is 18.7. The summed E-state index contributed by atoms with van der Waals surface area (Å²) in [6.07, 6.45) is 0.241. The summed E-state index contributed by atoms with van der Waals surface area (Å²) in [5.74, 6) is -1.79. The first-order valence-electron chi connectivity index (χ1n) is 9.35. The predicted molar refractivity (Wildman–Crippen MR) is 97.1 cm³/mol. The normalized spacial score (nSPS) is 27.3. The number of amides is 4. The van der Waals surface area contributed by atoms with E-state index in [1.165, 1.54) is 0 Å². The molecule has 3 aliphatic heterocycles. The molecule has 0 aromatic heterocycles. The van der Waals surface area contributed by atoms with Crippen molar-refractivity contribution in [1.82, 2.24) is 15.5 Å². The number of hydrogen-bond donors (Lipinski definition) is 3. The quantitative estimate of drug-likeness (QED) is 0.562. The minimum atomic E-state index is -0.959. The summed E-state index contributed by atoms with van der Waals surface area (Å²) in [7, 11) is 0. The Morgan fingerprint density at radius 2 is 2.00 bits per heavy atom. The third kappa shape index (κ3) is 3.21. The molecule has 1 unspecified atom stereocenters. The molecule has 3 heterocycles. The second-order valence-electron chi connectivity index (χ2n) is 7.38. The number of nitrogens with one attached hydrogen (secondary N) is 2. The number of rotatable bonds is 5. The second-order valence-corrected chi connectivity index (χ2v) is 7.38. The molecule has 0 radical (unpaired) electrons. The Hall–Kier alpha value is -2.62. The van der Waals surface area contributed by atoms with Crippen molar-refractivity contribution in [2.45, 2.75) is 31.5 Å². The Morgan fingerprint density at radius 1 is 1.18 bits per heavy atom. The van der Waals surface area contributed by atoms with Crippen molar-refractivity contribution in [2.75, 3.05) is 19.8 Å². The van der Waals surface area contributed by atoms with Crippen LogP contribution in [0.4, 0.5) is 0 Å². The number of piperidine rings is 1. The highest BCUT2D eigenvalue weighted by Crippen LogP contribution is 2.30. The summed E-state index contributed by atoms with van der Waals surface area (Å²) in [5.41, 5.74) is 7.28. The molecule has 1 aromatic rings. The molecule has 3 atom stereocenters. The molecule has 2 fully saturated rings. The summed E-state index contributed by atoms with van der Waals surface area (Å²) < 4.78 is 5.34. The van der Waals surface area contributed by atoms with E-state index in [2.05, 4.69) is 10.6 Å². The third-order valence-corrected chi connectivity index (χ3v) is 5.52. The van der Waals surface area contributed by atoms with Gasteiger partial charge in [-0.2, -0.15) is 0 Å². The Kier molecular flexibility index (Phi) is 4.96. The van der Waals surface area contributed by atoms with Crippen LogP contribution in [0.25, 0.3) is 0 Å². The first-order chi connectivity index (χ1) is 13.5. The van der Waals surface area contributed by atoms with Crippen molar-refractivity contribution in [3.63, 3.8) is 0 Å². The van der Waals surface area contributed by atoms with Crippen LogP contribution in [0.5, 0.6) is 0 Å². The number of carbonyl (C=O) groups excluding carboxylic acids is 4. The van der Waals surface area contributed by atoms with Crippen LogP contribution in [0, 0.1) is 5.92 Å². The minimum absolute atomic E-state index is 0.0137. The van der Waals surface area contributed by atoms with Crippen LogP contribution in [0.3, 0.4) is 0 Å². The van der Waals surface area contributed by atoms with E-state index in [-0.39, 0.29) is 30.4 Å². The number of hydrogen-bond acceptors (Lipinski definition) is 7. The monoisotopic (exact) mass is 386 g/mol. The van der Waals surface area contributed by atoms with E-state index in [1.807, 2.05) is 0 Å². The van der Waals surface area contributed by atoms with Gasteiger partial charge in [-0.05, 0) is 18.1 Å². The van der Waals surface area contributed by atoms with Gasteiger partial charge in [-0.3, -0.25) is 29.4 Å². The smallest absolute Gasteiger partial charge is 0.262 e. The maximum atomic E-state index is 13.0. The maximum Gasteiger partial charge on any atom is 0.262 e. The summed E-state index contributed by atoms with van der Waals surface area (Å²) in [5, 5.41) is 5.48. The van der Waals surface area contributed by atoms with Gasteiger partial charge in [-0.1, -0.05) is 12.1 Å². The van der Waals surface area contributed by atoms with Crippen LogP contribution in [-0.4, -0.2) is 60.4 Å². The van der Waals surface area contributed by atoms with Crippen LogP contribution in [0.2, 0.25) is 0 Å². The Balaban J connectivity index is 1.51. The number of nitrogens with two attached hydrogens (primary N) is 1. The molecule has 0 saturated carbocycles. The molecule has 4 N–H and O–H groups in total. The molecule has 9 heteroatoms. The van der Waals surface area contributed by atoms with Gasteiger partial charge in [0.2, 0.25) is 11.8 Å². The lowest BCUT2D eigenvalue weighted by Gasteiger charge is -2.27. The molecule has 0 bridgehead atoms. The molecule has 4 amide bonds. The van der Waals surface area contributed by atoms with Gasteiger partial charge < -0.3 is 15.8 Å². The van der Waals surface area contributed by atoms with Gasteiger partial charge in [0.1, 0.15) is 6.04 Å². The number of ether oxygens (including phenoxy) is 1. The van der Waals surface area contributed by atoms with E-state index in [1.54, 1.807) is 18.2 Å². The number of imide groups is 2. The van der Waals surface area contributed by atoms with Gasteiger partial charge in [0.25, 0.3) is 11.8 Å². The molecule has 3 aliphatic rings. The molecule has 0 spiro atoms. The number of nitrogens with zero attached hydrogens (tertiary/aromatic N) is 1. The van der Waals surface area contributed by atoms with E-state index in [0.717, 1.165) is 4.90 Å². The number of carbonyl (C=O) groups is 4. The van der Waals surface area contributed by atoms with Crippen molar-refractivity contribution < 1.29 is 23.9 Å². The fourth-order valence-corrected chi connectivity index (χ4v) is 3.95. The topological polar surface area (TPSA) is 131 Å². The van der Waals surface area contributed by atoms with Crippen molar-refractivity contribution in [3.05, 3.63) is 34.9 Å². The average Bonchev–Trinajstić information content (AvgIpc) is 3.18. The molecular formula is C19H22N4O5. The van der Waals surface area contributed by atoms with E-state index in [9.17, 15) is 19.2 Å². The molecule has 148 valence electrons. The zero-order chi connectivity index (χ0) is 19.8. The molecule has 28 heavy (non-hydrogen) atoms. The standard InChI is InChI=1S/C19H22N4O5/c20-13-9-28-8-11(13)7-21-6-10-2-1-3-12-16(10)19(27)23(18(12)26)14-4-5-15(24)22-17(14)25/h1-3,11,13-14,21H,4-9,20H2,(H,22,24,25)/t11-,13-,14?/m1/s1. The zero-order valence-corrected chi connectivity index (χ0v) is 15.3. The Bertz CT molecular complexity index is 855. The molecule has 4 rings (SSSR count). The fourth-order valence-electron chi connectivity index (χ4n) is 3.95. The summed E-state index contributed by atoms with van der Waals surface area (Å²) >= 11 is 0. The van der Waals surface area contributed by atoms with Crippen LogP contribution in [0.1, 0.15) is 39.1 Å². The summed E-state index contributed by atoms with van der Waals surface area (Å²) in [6, 6.07) is 4.13. The van der Waals surface area contributed by atoms with Crippen LogP contribution in [0.15, 0.2) is 18.2 Å². The fraction of sp³-hybridized carbons (Fsp3) is 0.474.